The molecule has 0 spiro atoms. The van der Waals surface area contributed by atoms with Gasteiger partial charge >= 0.3 is 11.9 Å². The highest BCUT2D eigenvalue weighted by atomic mass is 16.5. The second-order valence-electron chi connectivity index (χ2n) is 4.37. The lowest BCUT2D eigenvalue weighted by molar-refractivity contribution is -0.150. The van der Waals surface area contributed by atoms with Crippen molar-refractivity contribution in [1.82, 2.24) is 4.90 Å². The van der Waals surface area contributed by atoms with E-state index in [1.54, 1.807) is 13.8 Å². The van der Waals surface area contributed by atoms with Crippen LogP contribution in [-0.2, 0) is 19.1 Å². The van der Waals surface area contributed by atoms with Crippen molar-refractivity contribution in [3.05, 3.63) is 11.3 Å². The maximum absolute atomic E-state index is 11.7. The van der Waals surface area contributed by atoms with Gasteiger partial charge in [0.2, 0.25) is 5.91 Å². The first-order valence-electron chi connectivity index (χ1n) is 5.98. The average molecular weight is 270 g/mol. The molecule has 7 nitrogen and oxygen atoms in total. The molecule has 3 N–H and O–H groups in total. The number of ether oxygens (including phenoxy) is 1. The van der Waals surface area contributed by atoms with Crippen molar-refractivity contribution in [3.8, 4) is 0 Å². The summed E-state index contributed by atoms with van der Waals surface area (Å²) in [6.45, 7) is 4.50. The lowest BCUT2D eigenvalue weighted by Crippen LogP contribution is -2.67. The largest absolute Gasteiger partial charge is 0.477 e. The molecule has 1 aliphatic rings. The minimum atomic E-state index is -1.23. The van der Waals surface area contributed by atoms with Gasteiger partial charge < -0.3 is 15.6 Å². The van der Waals surface area contributed by atoms with E-state index in [0.29, 0.717) is 12.0 Å². The summed E-state index contributed by atoms with van der Waals surface area (Å²) in [6.07, 6.45) is 0.362. The quantitative estimate of drug-likeness (QED) is 0.408. The number of β-lactam (4-membered cyclic amide) rings is 1. The number of rotatable bonds is 5. The van der Waals surface area contributed by atoms with Crippen molar-refractivity contribution in [2.75, 3.05) is 6.61 Å². The zero-order valence-corrected chi connectivity index (χ0v) is 11.2. The maximum atomic E-state index is 11.7. The Kier molecular flexibility index (Phi) is 4.66. The van der Waals surface area contributed by atoms with Crippen LogP contribution in [0.5, 0.6) is 0 Å². The Bertz CT molecular complexity index is 443. The fourth-order valence-electron chi connectivity index (χ4n) is 1.91. The number of nitrogens with zero attached hydrogens (tertiary/aromatic N) is 1. The van der Waals surface area contributed by atoms with Crippen LogP contribution >= 0.6 is 0 Å². The molecule has 0 aromatic heterocycles. The molecule has 1 fully saturated rings. The number of esters is 1. The highest BCUT2D eigenvalue weighted by Crippen LogP contribution is 2.27. The van der Waals surface area contributed by atoms with E-state index in [9.17, 15) is 19.5 Å². The molecule has 1 saturated heterocycles. The molecule has 1 unspecified atom stereocenters. The number of carboxylic acid groups (broad SMARTS) is 1. The summed E-state index contributed by atoms with van der Waals surface area (Å²) in [6, 6.07) is -1.06. The van der Waals surface area contributed by atoms with Crippen LogP contribution < -0.4 is 5.73 Å². The van der Waals surface area contributed by atoms with Gasteiger partial charge in [0.15, 0.2) is 0 Å². The van der Waals surface area contributed by atoms with Crippen molar-refractivity contribution in [2.45, 2.75) is 39.3 Å². The zero-order chi connectivity index (χ0) is 14.7. The van der Waals surface area contributed by atoms with Crippen molar-refractivity contribution >= 4 is 17.8 Å². The molecule has 1 amide bonds. The predicted octanol–water partition coefficient (Wildman–Crippen LogP) is -0.144. The fraction of sp³-hybridized carbons (Fsp3) is 0.583. The molecular formula is C12H18N2O5. The van der Waals surface area contributed by atoms with Crippen molar-refractivity contribution in [1.29, 1.82) is 0 Å². The highest BCUT2D eigenvalue weighted by Gasteiger charge is 2.46. The van der Waals surface area contributed by atoms with Crippen molar-refractivity contribution in [3.63, 3.8) is 0 Å². The normalized spacial score (nSPS) is 23.6. The van der Waals surface area contributed by atoms with Crippen LogP contribution in [0, 0.1) is 0 Å². The first-order chi connectivity index (χ1) is 8.81. The number of carboxylic acids is 1. The lowest BCUT2D eigenvalue weighted by Gasteiger charge is -2.44. The predicted molar refractivity (Wildman–Crippen MR) is 65.9 cm³/mol. The maximum Gasteiger partial charge on any atom is 0.352 e. The van der Waals surface area contributed by atoms with Gasteiger partial charge in [0.1, 0.15) is 18.3 Å². The summed E-state index contributed by atoms with van der Waals surface area (Å²) in [5.74, 6) is -2.16. The van der Waals surface area contributed by atoms with Crippen LogP contribution in [0.2, 0.25) is 0 Å². The molecule has 106 valence electrons. The Labute approximate surface area is 111 Å². The first kappa shape index (κ1) is 15.2. The Morgan fingerprint density at radius 2 is 2.05 bits per heavy atom. The van der Waals surface area contributed by atoms with Gasteiger partial charge in [-0.1, -0.05) is 6.92 Å². The molecule has 1 aliphatic heterocycles. The van der Waals surface area contributed by atoms with E-state index >= 15 is 0 Å². The van der Waals surface area contributed by atoms with Crippen molar-refractivity contribution < 1.29 is 24.2 Å². The summed E-state index contributed by atoms with van der Waals surface area (Å²) in [7, 11) is 0. The molecule has 0 aromatic carbocycles. The van der Waals surface area contributed by atoms with Gasteiger partial charge in [-0.25, -0.2) is 4.79 Å². The molecule has 2 atom stereocenters. The summed E-state index contributed by atoms with van der Waals surface area (Å²) < 4.78 is 4.81. The number of carbonyl (C=O) groups is 3. The van der Waals surface area contributed by atoms with E-state index in [0.717, 1.165) is 4.90 Å². The third-order valence-corrected chi connectivity index (χ3v) is 3.10. The second-order valence-corrected chi connectivity index (χ2v) is 4.37. The van der Waals surface area contributed by atoms with E-state index in [2.05, 4.69) is 0 Å². The van der Waals surface area contributed by atoms with Gasteiger partial charge in [0.25, 0.3) is 0 Å². The zero-order valence-electron chi connectivity index (χ0n) is 11.2. The van der Waals surface area contributed by atoms with Crippen LogP contribution in [-0.4, -0.2) is 46.5 Å². The van der Waals surface area contributed by atoms with Gasteiger partial charge in [0, 0.05) is 6.92 Å². The Balaban J connectivity index is 3.06. The van der Waals surface area contributed by atoms with Crippen molar-refractivity contribution in [2.24, 2.45) is 5.73 Å². The molecule has 0 saturated carbocycles. The van der Waals surface area contributed by atoms with E-state index in [4.69, 9.17) is 10.5 Å². The molecule has 19 heavy (non-hydrogen) atoms. The van der Waals surface area contributed by atoms with Crippen LogP contribution in [0.25, 0.3) is 0 Å². The Hall–Kier alpha value is -1.89. The molecule has 0 bridgehead atoms. The minimum Gasteiger partial charge on any atom is -0.477 e. The highest BCUT2D eigenvalue weighted by molar-refractivity contribution is 5.99. The summed E-state index contributed by atoms with van der Waals surface area (Å²) >= 11 is 0. The number of hydrogen-bond donors (Lipinski definition) is 2. The number of amides is 1. The number of nitrogens with two attached hydrogens (primary N) is 1. The Morgan fingerprint density at radius 1 is 1.47 bits per heavy atom. The van der Waals surface area contributed by atoms with Crippen LogP contribution in [0.4, 0.5) is 0 Å². The molecule has 0 aromatic rings. The van der Waals surface area contributed by atoms with Crippen LogP contribution in [0.15, 0.2) is 11.3 Å². The minimum absolute atomic E-state index is 0.136. The molecule has 0 aliphatic carbocycles. The third-order valence-electron chi connectivity index (χ3n) is 3.10. The van der Waals surface area contributed by atoms with Crippen LogP contribution in [0.1, 0.15) is 27.2 Å². The van der Waals surface area contributed by atoms with Gasteiger partial charge in [-0.3, -0.25) is 14.5 Å². The molecule has 0 radical (unpaired) electrons. The number of likely N-dealkylation sites (tertiary alicyclic amines) is 1. The fourth-order valence-corrected chi connectivity index (χ4v) is 1.91. The molecular weight excluding hydrogens is 252 g/mol. The van der Waals surface area contributed by atoms with Gasteiger partial charge in [-0.05, 0) is 18.9 Å². The van der Waals surface area contributed by atoms with Gasteiger partial charge in [-0.2, -0.15) is 0 Å². The van der Waals surface area contributed by atoms with Gasteiger partial charge in [0.05, 0.1) is 6.04 Å². The van der Waals surface area contributed by atoms with E-state index in [-0.39, 0.29) is 18.3 Å². The Morgan fingerprint density at radius 3 is 2.42 bits per heavy atom. The number of hydrogen-bond acceptors (Lipinski definition) is 5. The second kappa shape index (κ2) is 5.83. The van der Waals surface area contributed by atoms with E-state index in [1.165, 1.54) is 6.92 Å². The van der Waals surface area contributed by atoms with E-state index < -0.39 is 23.9 Å². The van der Waals surface area contributed by atoms with E-state index in [1.807, 2.05) is 0 Å². The average Bonchev–Trinajstić information content (AvgIpc) is 2.36. The number of aliphatic carboxylic acids is 1. The summed E-state index contributed by atoms with van der Waals surface area (Å²) in [4.78, 5) is 35.0. The lowest BCUT2D eigenvalue weighted by atomic mass is 9.95. The standard InChI is InChI=1S/C12H18N2O5/c1-4-8(5-19-7(3)15)10(12(17)18)14-6(2)9(13)11(14)16/h6,9H,4-5,13H2,1-3H3,(H,17,18)/b10-8+/t6?,9-/m0/s1. The van der Waals surface area contributed by atoms with Gasteiger partial charge in [-0.15, -0.1) is 0 Å². The summed E-state index contributed by atoms with van der Waals surface area (Å²) in [5.41, 5.74) is 5.81. The monoisotopic (exact) mass is 270 g/mol. The molecule has 7 heteroatoms. The molecule has 1 heterocycles. The number of carbonyl (C=O) groups excluding carboxylic acids is 2. The van der Waals surface area contributed by atoms with Crippen LogP contribution in [0.3, 0.4) is 0 Å². The summed E-state index contributed by atoms with van der Waals surface area (Å²) in [5, 5.41) is 9.26. The molecule has 1 rings (SSSR count). The topological polar surface area (TPSA) is 110 Å². The third kappa shape index (κ3) is 2.93. The SMILES string of the molecule is CC/C(COC(C)=O)=C(/C(=O)O)N1C(=O)[C@@H](N)C1C. The smallest absolute Gasteiger partial charge is 0.352 e. The first-order valence-corrected chi connectivity index (χ1v) is 5.98.